The zero-order valence-electron chi connectivity index (χ0n) is 10.8. The van der Waals surface area contributed by atoms with Gasteiger partial charge in [0.2, 0.25) is 10.0 Å². The number of ether oxygens (including phenoxy) is 1. The van der Waals surface area contributed by atoms with Crippen molar-refractivity contribution in [3.63, 3.8) is 0 Å². The van der Waals surface area contributed by atoms with Crippen molar-refractivity contribution < 1.29 is 13.2 Å². The maximum absolute atomic E-state index is 11.8. The predicted octanol–water partition coefficient (Wildman–Crippen LogP) is 0.786. The summed E-state index contributed by atoms with van der Waals surface area (Å²) in [6.45, 7) is 7.36. The Labute approximate surface area is 109 Å². The molecule has 102 valence electrons. The van der Waals surface area contributed by atoms with E-state index in [1.807, 2.05) is 20.8 Å². The van der Waals surface area contributed by atoms with Gasteiger partial charge in [-0.1, -0.05) is 19.1 Å². The maximum Gasteiger partial charge on any atom is 0.214 e. The van der Waals surface area contributed by atoms with E-state index in [1.165, 1.54) is 0 Å². The Morgan fingerprint density at radius 2 is 2.06 bits per heavy atom. The van der Waals surface area contributed by atoms with Gasteiger partial charge in [-0.05, 0) is 27.2 Å². The van der Waals surface area contributed by atoms with Gasteiger partial charge in [0, 0.05) is 0 Å². The van der Waals surface area contributed by atoms with Gasteiger partial charge >= 0.3 is 0 Å². The minimum atomic E-state index is -3.43. The van der Waals surface area contributed by atoms with E-state index in [1.54, 1.807) is 6.92 Å². The summed E-state index contributed by atoms with van der Waals surface area (Å²) in [5, 5.41) is 0. The average Bonchev–Trinajstić information content (AvgIpc) is 2.15. The van der Waals surface area contributed by atoms with Crippen LogP contribution in [0.3, 0.4) is 0 Å². The molecular formula is C10H22N2O3S2. The lowest BCUT2D eigenvalue weighted by atomic mass is 10.0. The lowest BCUT2D eigenvalue weighted by Crippen LogP contribution is -2.54. The molecule has 0 saturated carbocycles. The van der Waals surface area contributed by atoms with E-state index in [2.05, 4.69) is 4.72 Å². The summed E-state index contributed by atoms with van der Waals surface area (Å²) in [4.78, 5) is 0.147. The fourth-order valence-electron chi connectivity index (χ4n) is 1.08. The summed E-state index contributed by atoms with van der Waals surface area (Å²) < 4.78 is 31.3. The van der Waals surface area contributed by atoms with Gasteiger partial charge in [-0.15, -0.1) is 0 Å². The van der Waals surface area contributed by atoms with Crippen LogP contribution in [0, 0.1) is 0 Å². The van der Waals surface area contributed by atoms with Gasteiger partial charge < -0.3 is 10.5 Å². The Morgan fingerprint density at radius 1 is 1.53 bits per heavy atom. The zero-order chi connectivity index (χ0) is 13.7. The summed E-state index contributed by atoms with van der Waals surface area (Å²) in [6, 6.07) is 0. The second-order valence-corrected chi connectivity index (χ2v) is 6.67. The van der Waals surface area contributed by atoms with E-state index in [0.29, 0.717) is 6.42 Å². The quantitative estimate of drug-likeness (QED) is 0.643. The van der Waals surface area contributed by atoms with Crippen LogP contribution in [0.25, 0.3) is 0 Å². The molecule has 1 atom stereocenters. The van der Waals surface area contributed by atoms with Crippen LogP contribution < -0.4 is 10.5 Å². The molecule has 17 heavy (non-hydrogen) atoms. The summed E-state index contributed by atoms with van der Waals surface area (Å²) in [5.41, 5.74) is 4.67. The molecule has 0 fully saturated rings. The van der Waals surface area contributed by atoms with Crippen molar-refractivity contribution in [3.05, 3.63) is 0 Å². The van der Waals surface area contributed by atoms with Crippen LogP contribution >= 0.6 is 12.2 Å². The smallest absolute Gasteiger partial charge is 0.214 e. The zero-order valence-corrected chi connectivity index (χ0v) is 12.5. The normalized spacial score (nSPS) is 15.8. The van der Waals surface area contributed by atoms with E-state index >= 15 is 0 Å². The SMILES string of the molecule is CCC(C)(NS(=O)(=O)CCOC(C)C)C(N)=S. The average molecular weight is 282 g/mol. The van der Waals surface area contributed by atoms with Crippen LogP contribution in [0.2, 0.25) is 0 Å². The van der Waals surface area contributed by atoms with Crippen molar-refractivity contribution in [2.24, 2.45) is 5.73 Å². The minimum Gasteiger partial charge on any atom is -0.392 e. The number of rotatable bonds is 8. The van der Waals surface area contributed by atoms with Gasteiger partial charge in [0.15, 0.2) is 0 Å². The molecule has 1 unspecified atom stereocenters. The molecule has 7 heteroatoms. The molecular weight excluding hydrogens is 260 g/mol. The molecule has 0 spiro atoms. The third-order valence-corrected chi connectivity index (χ3v) is 4.35. The van der Waals surface area contributed by atoms with Gasteiger partial charge in [0.05, 0.1) is 29.0 Å². The van der Waals surface area contributed by atoms with E-state index in [0.717, 1.165) is 0 Å². The van der Waals surface area contributed by atoms with Crippen molar-refractivity contribution in [2.45, 2.75) is 45.8 Å². The Hall–Kier alpha value is -0.240. The molecule has 0 amide bonds. The number of hydrogen-bond donors (Lipinski definition) is 2. The van der Waals surface area contributed by atoms with Crippen LogP contribution in [0.1, 0.15) is 34.1 Å². The van der Waals surface area contributed by atoms with Crippen molar-refractivity contribution >= 4 is 27.2 Å². The first-order chi connectivity index (χ1) is 7.63. The van der Waals surface area contributed by atoms with Crippen molar-refractivity contribution in [2.75, 3.05) is 12.4 Å². The summed E-state index contributed by atoms with van der Waals surface area (Å²) in [7, 11) is -3.43. The molecule has 0 aliphatic heterocycles. The highest BCUT2D eigenvalue weighted by atomic mass is 32.2. The van der Waals surface area contributed by atoms with Crippen LogP contribution in [-0.4, -0.2) is 37.4 Å². The molecule has 0 radical (unpaired) electrons. The van der Waals surface area contributed by atoms with Gasteiger partial charge in [-0.3, -0.25) is 0 Å². The summed E-state index contributed by atoms with van der Waals surface area (Å²) in [6.07, 6.45) is 0.519. The number of nitrogens with one attached hydrogen (secondary N) is 1. The Morgan fingerprint density at radius 3 is 2.41 bits per heavy atom. The molecule has 3 N–H and O–H groups in total. The highest BCUT2D eigenvalue weighted by Crippen LogP contribution is 2.11. The predicted molar refractivity (Wildman–Crippen MR) is 73.5 cm³/mol. The Bertz CT molecular complexity index is 355. The molecule has 0 rings (SSSR count). The number of sulfonamides is 1. The first kappa shape index (κ1) is 16.8. The standard InChI is InChI=1S/C10H22N2O3S2/c1-5-10(4,9(11)16)12-17(13,14)7-6-15-8(2)3/h8,12H,5-7H2,1-4H3,(H2,11,16). The lowest BCUT2D eigenvalue weighted by molar-refractivity contribution is 0.0911. The molecule has 0 heterocycles. The fraction of sp³-hybridized carbons (Fsp3) is 0.900. The number of nitrogens with two attached hydrogens (primary N) is 1. The Kier molecular flexibility index (Phi) is 6.53. The van der Waals surface area contributed by atoms with Crippen molar-refractivity contribution in [1.82, 2.24) is 4.72 Å². The largest absolute Gasteiger partial charge is 0.392 e. The number of thiocarbonyl (C=S) groups is 1. The van der Waals surface area contributed by atoms with Gasteiger partial charge in [0.1, 0.15) is 0 Å². The highest BCUT2D eigenvalue weighted by molar-refractivity contribution is 7.89. The van der Waals surface area contributed by atoms with Crippen LogP contribution in [0.15, 0.2) is 0 Å². The molecule has 0 saturated heterocycles. The summed E-state index contributed by atoms with van der Waals surface area (Å²) >= 11 is 4.87. The van der Waals surface area contributed by atoms with E-state index in [9.17, 15) is 8.42 Å². The second kappa shape index (κ2) is 6.63. The third kappa shape index (κ3) is 6.30. The fourth-order valence-corrected chi connectivity index (χ4v) is 2.70. The van der Waals surface area contributed by atoms with Crippen molar-refractivity contribution in [3.8, 4) is 0 Å². The molecule has 0 aliphatic carbocycles. The monoisotopic (exact) mass is 282 g/mol. The molecule has 5 nitrogen and oxygen atoms in total. The van der Waals surface area contributed by atoms with Gasteiger partial charge in [0.25, 0.3) is 0 Å². The molecule has 0 aromatic rings. The van der Waals surface area contributed by atoms with E-state index in [4.69, 9.17) is 22.7 Å². The number of hydrogen-bond acceptors (Lipinski definition) is 4. The molecule has 0 bridgehead atoms. The first-order valence-electron chi connectivity index (χ1n) is 5.56. The lowest BCUT2D eigenvalue weighted by Gasteiger charge is -2.27. The highest BCUT2D eigenvalue weighted by Gasteiger charge is 2.30. The Balaban J connectivity index is 4.48. The molecule has 0 aromatic heterocycles. The van der Waals surface area contributed by atoms with Crippen LogP contribution in [-0.2, 0) is 14.8 Å². The summed E-state index contributed by atoms with van der Waals surface area (Å²) in [5.74, 6) is -0.0939. The van der Waals surface area contributed by atoms with Gasteiger partial charge in [-0.25, -0.2) is 13.1 Å². The third-order valence-electron chi connectivity index (χ3n) is 2.43. The van der Waals surface area contributed by atoms with E-state index < -0.39 is 15.6 Å². The van der Waals surface area contributed by atoms with Crippen LogP contribution in [0.5, 0.6) is 0 Å². The maximum atomic E-state index is 11.8. The molecule has 0 aliphatic rings. The van der Waals surface area contributed by atoms with Gasteiger partial charge in [-0.2, -0.15) is 0 Å². The topological polar surface area (TPSA) is 81.4 Å². The van der Waals surface area contributed by atoms with Crippen LogP contribution in [0.4, 0.5) is 0 Å². The first-order valence-corrected chi connectivity index (χ1v) is 7.62. The second-order valence-electron chi connectivity index (χ2n) is 4.39. The minimum absolute atomic E-state index is 0.0124. The molecule has 0 aromatic carbocycles. The van der Waals surface area contributed by atoms with Crippen molar-refractivity contribution in [1.29, 1.82) is 0 Å². The van der Waals surface area contributed by atoms with E-state index in [-0.39, 0.29) is 23.5 Å².